The van der Waals surface area contributed by atoms with Crippen molar-refractivity contribution in [2.24, 2.45) is 0 Å². The van der Waals surface area contributed by atoms with E-state index in [1.807, 2.05) is 24.4 Å². The van der Waals surface area contributed by atoms with E-state index in [2.05, 4.69) is 10.6 Å². The number of benzene rings is 1. The lowest BCUT2D eigenvalue weighted by molar-refractivity contribution is 0.190. The quantitative estimate of drug-likeness (QED) is 0.782. The van der Waals surface area contributed by atoms with Gasteiger partial charge in [-0.05, 0) is 12.5 Å². The summed E-state index contributed by atoms with van der Waals surface area (Å²) in [5.74, 6) is 0. The predicted octanol–water partition coefficient (Wildman–Crippen LogP) is 2.17. The monoisotopic (exact) mass is 219 g/mol. The minimum Gasteiger partial charge on any atom is -0.392 e. The van der Waals surface area contributed by atoms with Crippen molar-refractivity contribution in [2.45, 2.75) is 19.6 Å². The van der Waals surface area contributed by atoms with E-state index >= 15 is 0 Å². The average Bonchev–Trinajstić information content (AvgIpc) is 2.68. The maximum absolute atomic E-state index is 9.28. The number of ether oxygens (including phenoxy) is 1. The van der Waals surface area contributed by atoms with Gasteiger partial charge in [-0.2, -0.15) is 0 Å². The van der Waals surface area contributed by atoms with Gasteiger partial charge in [-0.1, -0.05) is 18.2 Å². The summed E-state index contributed by atoms with van der Waals surface area (Å²) in [6, 6.07) is 8.16. The van der Waals surface area contributed by atoms with Crippen molar-refractivity contribution < 1.29 is 9.84 Å². The first kappa shape index (κ1) is 11.2. The molecule has 0 radical (unpaired) electrons. The van der Waals surface area contributed by atoms with Crippen LogP contribution < -0.4 is 0 Å². The van der Waals surface area contributed by atoms with Gasteiger partial charge in [0, 0.05) is 42.9 Å². The molecular formula is C13H17NO2. The number of aliphatic hydroxyl groups is 1. The zero-order valence-electron chi connectivity index (χ0n) is 9.52. The Morgan fingerprint density at radius 3 is 2.88 bits per heavy atom. The molecule has 1 aromatic heterocycles. The van der Waals surface area contributed by atoms with Gasteiger partial charge in [0.25, 0.3) is 0 Å². The summed E-state index contributed by atoms with van der Waals surface area (Å²) in [7, 11) is 1.72. The van der Waals surface area contributed by atoms with Crippen LogP contribution in [0, 0.1) is 0 Å². The van der Waals surface area contributed by atoms with E-state index in [0.29, 0.717) is 0 Å². The topological polar surface area (TPSA) is 34.4 Å². The number of hydrogen-bond acceptors (Lipinski definition) is 2. The molecule has 1 heterocycles. The van der Waals surface area contributed by atoms with Gasteiger partial charge in [-0.15, -0.1) is 0 Å². The first-order chi connectivity index (χ1) is 7.86. The third kappa shape index (κ3) is 2.10. The fourth-order valence-electron chi connectivity index (χ4n) is 2.01. The Morgan fingerprint density at radius 2 is 2.12 bits per heavy atom. The smallest absolute Gasteiger partial charge is 0.0702 e. The largest absolute Gasteiger partial charge is 0.392 e. The molecule has 0 atom stereocenters. The fourth-order valence-corrected chi connectivity index (χ4v) is 2.01. The van der Waals surface area contributed by atoms with Crippen LogP contribution in [0.5, 0.6) is 0 Å². The lowest BCUT2D eigenvalue weighted by atomic mass is 10.2. The molecule has 1 N–H and O–H groups in total. The van der Waals surface area contributed by atoms with Crippen molar-refractivity contribution in [3.63, 3.8) is 0 Å². The SMILES string of the molecule is COCCCn1cc(CO)c2ccccc21. The summed E-state index contributed by atoms with van der Waals surface area (Å²) in [4.78, 5) is 0. The first-order valence-electron chi connectivity index (χ1n) is 5.53. The summed E-state index contributed by atoms with van der Waals surface area (Å²) >= 11 is 0. The highest BCUT2D eigenvalue weighted by Gasteiger charge is 2.06. The van der Waals surface area contributed by atoms with Crippen LogP contribution in [0.25, 0.3) is 10.9 Å². The normalized spacial score (nSPS) is 11.1. The molecule has 0 bridgehead atoms. The van der Waals surface area contributed by atoms with Gasteiger partial charge in [0.05, 0.1) is 6.61 Å². The van der Waals surface area contributed by atoms with Crippen LogP contribution in [0.15, 0.2) is 30.5 Å². The molecule has 3 nitrogen and oxygen atoms in total. The summed E-state index contributed by atoms with van der Waals surface area (Å²) < 4.78 is 7.23. The molecule has 0 saturated carbocycles. The molecule has 0 fully saturated rings. The molecule has 0 spiro atoms. The van der Waals surface area contributed by atoms with E-state index in [0.717, 1.165) is 30.5 Å². The summed E-state index contributed by atoms with van der Waals surface area (Å²) in [5, 5.41) is 10.4. The van der Waals surface area contributed by atoms with Crippen molar-refractivity contribution in [3.05, 3.63) is 36.0 Å². The second-order valence-electron chi connectivity index (χ2n) is 3.87. The van der Waals surface area contributed by atoms with Gasteiger partial charge < -0.3 is 14.4 Å². The van der Waals surface area contributed by atoms with Crippen LogP contribution in [0.4, 0.5) is 0 Å². The van der Waals surface area contributed by atoms with E-state index in [1.165, 1.54) is 5.52 Å². The van der Waals surface area contributed by atoms with Gasteiger partial charge in [0.1, 0.15) is 0 Å². The van der Waals surface area contributed by atoms with Crippen LogP contribution in [-0.2, 0) is 17.9 Å². The van der Waals surface area contributed by atoms with Gasteiger partial charge in [-0.3, -0.25) is 0 Å². The number of aromatic nitrogens is 1. The molecule has 86 valence electrons. The van der Waals surface area contributed by atoms with Gasteiger partial charge in [0.15, 0.2) is 0 Å². The summed E-state index contributed by atoms with van der Waals surface area (Å²) in [6.07, 6.45) is 3.01. The molecule has 2 aromatic rings. The van der Waals surface area contributed by atoms with Crippen LogP contribution in [0.1, 0.15) is 12.0 Å². The maximum atomic E-state index is 9.28. The molecule has 0 amide bonds. The van der Waals surface area contributed by atoms with E-state index in [9.17, 15) is 5.11 Å². The van der Waals surface area contributed by atoms with E-state index in [1.54, 1.807) is 7.11 Å². The second kappa shape index (κ2) is 5.14. The number of nitrogens with zero attached hydrogens (tertiary/aromatic N) is 1. The molecule has 0 saturated heterocycles. The third-order valence-corrected chi connectivity index (χ3v) is 2.79. The van der Waals surface area contributed by atoms with Crippen LogP contribution >= 0.6 is 0 Å². The third-order valence-electron chi connectivity index (χ3n) is 2.79. The molecule has 0 aliphatic carbocycles. The van der Waals surface area contributed by atoms with E-state index in [-0.39, 0.29) is 6.61 Å². The number of hydrogen-bond donors (Lipinski definition) is 1. The molecule has 3 heteroatoms. The molecule has 2 rings (SSSR count). The minimum absolute atomic E-state index is 0.0950. The zero-order chi connectivity index (χ0) is 11.4. The molecule has 16 heavy (non-hydrogen) atoms. The van der Waals surface area contributed by atoms with Crippen LogP contribution in [0.3, 0.4) is 0 Å². The molecule has 0 aliphatic heterocycles. The Balaban J connectivity index is 2.30. The average molecular weight is 219 g/mol. The van der Waals surface area contributed by atoms with Crippen LogP contribution in [0.2, 0.25) is 0 Å². The Labute approximate surface area is 95.3 Å². The van der Waals surface area contributed by atoms with Crippen molar-refractivity contribution in [2.75, 3.05) is 13.7 Å². The number of aliphatic hydroxyl groups excluding tert-OH is 1. The highest BCUT2D eigenvalue weighted by atomic mass is 16.5. The lowest BCUT2D eigenvalue weighted by Gasteiger charge is -2.04. The summed E-state index contributed by atoms with van der Waals surface area (Å²) in [6.45, 7) is 1.78. The predicted molar refractivity (Wildman–Crippen MR) is 64.4 cm³/mol. The van der Waals surface area contributed by atoms with E-state index < -0.39 is 0 Å². The Bertz CT molecular complexity index is 462. The fraction of sp³-hybridized carbons (Fsp3) is 0.385. The van der Waals surface area contributed by atoms with Crippen molar-refractivity contribution in [3.8, 4) is 0 Å². The lowest BCUT2D eigenvalue weighted by Crippen LogP contribution is -1.99. The van der Waals surface area contributed by atoms with Gasteiger partial charge in [-0.25, -0.2) is 0 Å². The highest BCUT2D eigenvalue weighted by Crippen LogP contribution is 2.21. The van der Waals surface area contributed by atoms with Crippen molar-refractivity contribution in [1.82, 2.24) is 4.57 Å². The summed E-state index contributed by atoms with van der Waals surface area (Å²) in [5.41, 5.74) is 2.18. The molecule has 0 aliphatic rings. The number of rotatable bonds is 5. The minimum atomic E-state index is 0.0950. The molecule has 0 unspecified atom stereocenters. The highest BCUT2D eigenvalue weighted by molar-refractivity contribution is 5.83. The van der Waals surface area contributed by atoms with Gasteiger partial charge >= 0.3 is 0 Å². The number of methoxy groups -OCH3 is 1. The molecular weight excluding hydrogens is 202 g/mol. The number of aryl methyl sites for hydroxylation is 1. The van der Waals surface area contributed by atoms with Crippen molar-refractivity contribution in [1.29, 1.82) is 0 Å². The Morgan fingerprint density at radius 1 is 1.31 bits per heavy atom. The zero-order valence-corrected chi connectivity index (χ0v) is 9.52. The van der Waals surface area contributed by atoms with Gasteiger partial charge in [0.2, 0.25) is 0 Å². The van der Waals surface area contributed by atoms with Crippen molar-refractivity contribution >= 4 is 10.9 Å². The van der Waals surface area contributed by atoms with E-state index in [4.69, 9.17) is 4.74 Å². The van der Waals surface area contributed by atoms with Crippen LogP contribution in [-0.4, -0.2) is 23.4 Å². The Hall–Kier alpha value is -1.32. The second-order valence-corrected chi connectivity index (χ2v) is 3.87. The Kier molecular flexibility index (Phi) is 3.59. The first-order valence-corrected chi connectivity index (χ1v) is 5.53. The number of fused-ring (bicyclic) bond motifs is 1. The standard InChI is InChI=1S/C13H17NO2/c1-16-8-4-7-14-9-11(10-15)12-5-2-3-6-13(12)14/h2-3,5-6,9,15H,4,7-8,10H2,1H3. The molecule has 1 aromatic carbocycles. The maximum Gasteiger partial charge on any atom is 0.0702 e. The number of para-hydroxylation sites is 1.